The molecular weight excluding hydrogens is 246 g/mol. The normalized spacial score (nSPS) is 10.9. The molecule has 5 heteroatoms. The zero-order valence-electron chi connectivity index (χ0n) is 9.73. The summed E-state index contributed by atoms with van der Waals surface area (Å²) in [5.41, 5.74) is 8.29. The highest BCUT2D eigenvalue weighted by Crippen LogP contribution is 2.30. The minimum absolute atomic E-state index is 0.153. The van der Waals surface area contributed by atoms with Crippen LogP contribution in [0.25, 0.3) is 20.7 Å². The van der Waals surface area contributed by atoms with Crippen LogP contribution >= 0.6 is 11.3 Å². The molecule has 0 fully saturated rings. The lowest BCUT2D eigenvalue weighted by atomic mass is 10.1. The van der Waals surface area contributed by atoms with E-state index >= 15 is 0 Å². The number of rotatable bonds is 1. The lowest BCUT2D eigenvalue weighted by Gasteiger charge is -1.96. The summed E-state index contributed by atoms with van der Waals surface area (Å²) in [4.78, 5) is 19.4. The van der Waals surface area contributed by atoms with Crippen molar-refractivity contribution in [1.29, 1.82) is 0 Å². The summed E-state index contributed by atoms with van der Waals surface area (Å²) in [5, 5.41) is 0. The van der Waals surface area contributed by atoms with Crippen LogP contribution in [0.15, 0.2) is 35.1 Å². The Morgan fingerprint density at radius 3 is 2.72 bits per heavy atom. The number of nitrogen functional groups attached to an aromatic ring is 1. The van der Waals surface area contributed by atoms with E-state index in [1.54, 1.807) is 0 Å². The average molecular weight is 257 g/mol. The van der Waals surface area contributed by atoms with Gasteiger partial charge in [0.2, 0.25) is 5.95 Å². The number of nitrogens with two attached hydrogens (primary N) is 1. The standard InChI is InChI=1S/C13H11N3OS/c1-7-2-4-8(5-3-7)10-6-9-11(18-10)12(17)16-13(14)15-9/h2-6H,1H3,(H3,14,15,16,17). The van der Waals surface area contributed by atoms with Crippen LogP contribution in [0.2, 0.25) is 0 Å². The number of nitrogens with zero attached hydrogens (tertiary/aromatic N) is 1. The second-order valence-electron chi connectivity index (χ2n) is 4.14. The Morgan fingerprint density at radius 1 is 1.28 bits per heavy atom. The molecular formula is C13H11N3OS. The number of anilines is 1. The first-order valence-electron chi connectivity index (χ1n) is 5.50. The van der Waals surface area contributed by atoms with Gasteiger partial charge in [-0.2, -0.15) is 0 Å². The summed E-state index contributed by atoms with van der Waals surface area (Å²) in [5.74, 6) is 0.153. The molecule has 0 aliphatic carbocycles. The zero-order chi connectivity index (χ0) is 12.7. The zero-order valence-corrected chi connectivity index (χ0v) is 10.5. The number of aromatic nitrogens is 2. The van der Waals surface area contributed by atoms with E-state index in [2.05, 4.69) is 9.97 Å². The third kappa shape index (κ3) is 1.78. The lowest BCUT2D eigenvalue weighted by molar-refractivity contribution is 1.20. The SMILES string of the molecule is Cc1ccc(-c2cc3nc(N)[nH]c(=O)c3s2)cc1. The van der Waals surface area contributed by atoms with Crippen molar-refractivity contribution in [2.45, 2.75) is 6.92 Å². The molecule has 2 heterocycles. The summed E-state index contributed by atoms with van der Waals surface area (Å²) in [6.45, 7) is 2.04. The van der Waals surface area contributed by atoms with Gasteiger partial charge in [-0.1, -0.05) is 29.8 Å². The summed E-state index contributed by atoms with van der Waals surface area (Å²) in [6.07, 6.45) is 0. The maximum Gasteiger partial charge on any atom is 0.270 e. The molecule has 0 bridgehead atoms. The maximum atomic E-state index is 11.7. The number of aryl methyl sites for hydroxylation is 1. The molecule has 90 valence electrons. The van der Waals surface area contributed by atoms with Crippen LogP contribution in [0.1, 0.15) is 5.56 Å². The average Bonchev–Trinajstić information content (AvgIpc) is 2.74. The van der Waals surface area contributed by atoms with Crippen molar-refractivity contribution in [3.8, 4) is 10.4 Å². The predicted octanol–water partition coefficient (Wildman–Crippen LogP) is 2.54. The number of thiophene rings is 1. The van der Waals surface area contributed by atoms with Crippen LogP contribution in [0, 0.1) is 6.92 Å². The first-order valence-corrected chi connectivity index (χ1v) is 6.31. The highest BCUT2D eigenvalue weighted by molar-refractivity contribution is 7.22. The molecule has 3 aromatic rings. The van der Waals surface area contributed by atoms with Crippen molar-refractivity contribution >= 4 is 27.5 Å². The molecule has 0 atom stereocenters. The van der Waals surface area contributed by atoms with Crippen molar-refractivity contribution in [2.24, 2.45) is 0 Å². The molecule has 0 aliphatic rings. The van der Waals surface area contributed by atoms with Gasteiger partial charge in [0.05, 0.1) is 5.52 Å². The van der Waals surface area contributed by atoms with Crippen LogP contribution in [-0.4, -0.2) is 9.97 Å². The van der Waals surface area contributed by atoms with E-state index in [9.17, 15) is 4.79 Å². The monoisotopic (exact) mass is 257 g/mol. The number of hydrogen-bond donors (Lipinski definition) is 2. The van der Waals surface area contributed by atoms with Gasteiger partial charge in [-0.15, -0.1) is 11.3 Å². The Bertz CT molecular complexity index is 771. The summed E-state index contributed by atoms with van der Waals surface area (Å²) >= 11 is 1.43. The maximum absolute atomic E-state index is 11.7. The first-order chi connectivity index (χ1) is 8.63. The quantitative estimate of drug-likeness (QED) is 0.703. The van der Waals surface area contributed by atoms with Gasteiger partial charge in [0.1, 0.15) is 4.70 Å². The van der Waals surface area contributed by atoms with Crippen molar-refractivity contribution in [2.75, 3.05) is 5.73 Å². The van der Waals surface area contributed by atoms with E-state index in [0.717, 1.165) is 10.4 Å². The molecule has 3 N–H and O–H groups in total. The van der Waals surface area contributed by atoms with Gasteiger partial charge in [-0.05, 0) is 18.6 Å². The van der Waals surface area contributed by atoms with Gasteiger partial charge in [0.25, 0.3) is 5.56 Å². The van der Waals surface area contributed by atoms with Gasteiger partial charge in [0.15, 0.2) is 0 Å². The van der Waals surface area contributed by atoms with Crippen molar-refractivity contribution < 1.29 is 0 Å². The van der Waals surface area contributed by atoms with Gasteiger partial charge < -0.3 is 5.73 Å². The Labute approximate surface area is 107 Å². The van der Waals surface area contributed by atoms with Crippen LogP contribution in [0.4, 0.5) is 5.95 Å². The van der Waals surface area contributed by atoms with Gasteiger partial charge in [-0.25, -0.2) is 4.98 Å². The number of fused-ring (bicyclic) bond motifs is 1. The largest absolute Gasteiger partial charge is 0.369 e. The molecule has 3 rings (SSSR count). The first kappa shape index (κ1) is 11.0. The molecule has 4 nitrogen and oxygen atoms in total. The molecule has 0 radical (unpaired) electrons. The Morgan fingerprint density at radius 2 is 2.00 bits per heavy atom. The van der Waals surface area contributed by atoms with Gasteiger partial charge in [0, 0.05) is 4.88 Å². The molecule has 0 unspecified atom stereocenters. The van der Waals surface area contributed by atoms with Crippen LogP contribution in [0.5, 0.6) is 0 Å². The van der Waals surface area contributed by atoms with Crippen LogP contribution in [0.3, 0.4) is 0 Å². The van der Waals surface area contributed by atoms with Gasteiger partial charge in [-0.3, -0.25) is 9.78 Å². The summed E-state index contributed by atoms with van der Waals surface area (Å²) < 4.78 is 0.611. The molecule has 2 aromatic heterocycles. The minimum atomic E-state index is -0.180. The minimum Gasteiger partial charge on any atom is -0.369 e. The summed E-state index contributed by atoms with van der Waals surface area (Å²) in [7, 11) is 0. The third-order valence-corrected chi connectivity index (χ3v) is 3.91. The highest BCUT2D eigenvalue weighted by atomic mass is 32.1. The molecule has 1 aromatic carbocycles. The fourth-order valence-corrected chi connectivity index (χ4v) is 2.82. The summed E-state index contributed by atoms with van der Waals surface area (Å²) in [6, 6.07) is 10.1. The second kappa shape index (κ2) is 3.96. The molecule has 0 amide bonds. The fraction of sp³-hybridized carbons (Fsp3) is 0.0769. The molecule has 0 aliphatic heterocycles. The molecule has 0 spiro atoms. The molecule has 0 saturated heterocycles. The van der Waals surface area contributed by atoms with E-state index in [0.29, 0.717) is 10.2 Å². The van der Waals surface area contributed by atoms with Crippen LogP contribution < -0.4 is 11.3 Å². The van der Waals surface area contributed by atoms with Crippen LogP contribution in [-0.2, 0) is 0 Å². The van der Waals surface area contributed by atoms with Crippen molar-refractivity contribution in [3.05, 3.63) is 46.2 Å². The second-order valence-corrected chi connectivity index (χ2v) is 5.19. The third-order valence-electron chi connectivity index (χ3n) is 2.74. The van der Waals surface area contributed by atoms with E-state index in [4.69, 9.17) is 5.73 Å². The topological polar surface area (TPSA) is 71.8 Å². The number of nitrogens with one attached hydrogen (secondary N) is 1. The molecule has 0 saturated carbocycles. The molecule has 18 heavy (non-hydrogen) atoms. The van der Waals surface area contributed by atoms with E-state index < -0.39 is 0 Å². The fourth-order valence-electron chi connectivity index (χ4n) is 1.82. The van der Waals surface area contributed by atoms with E-state index in [1.807, 2.05) is 37.3 Å². The predicted molar refractivity (Wildman–Crippen MR) is 74.8 cm³/mol. The Kier molecular flexibility index (Phi) is 2.41. The number of aromatic amines is 1. The van der Waals surface area contributed by atoms with E-state index in [1.165, 1.54) is 16.9 Å². The number of H-pyrrole nitrogens is 1. The van der Waals surface area contributed by atoms with Crippen molar-refractivity contribution in [3.63, 3.8) is 0 Å². The Hall–Kier alpha value is -2.14. The van der Waals surface area contributed by atoms with Crippen molar-refractivity contribution in [1.82, 2.24) is 9.97 Å². The highest BCUT2D eigenvalue weighted by Gasteiger charge is 2.09. The number of benzene rings is 1. The van der Waals surface area contributed by atoms with E-state index in [-0.39, 0.29) is 11.5 Å². The lowest BCUT2D eigenvalue weighted by Crippen LogP contribution is -2.09. The van der Waals surface area contributed by atoms with Gasteiger partial charge >= 0.3 is 0 Å². The Balaban J connectivity index is 2.22. The smallest absolute Gasteiger partial charge is 0.270 e. The number of hydrogen-bond acceptors (Lipinski definition) is 4.